The minimum atomic E-state index is -0.0668. The number of amides is 1. The van der Waals surface area contributed by atoms with E-state index in [1.807, 2.05) is 0 Å². The molecule has 0 aromatic carbocycles. The van der Waals surface area contributed by atoms with E-state index in [0.29, 0.717) is 24.7 Å². The highest BCUT2D eigenvalue weighted by Gasteiger charge is 2.34. The van der Waals surface area contributed by atoms with Gasteiger partial charge in [-0.25, -0.2) is 4.98 Å². The van der Waals surface area contributed by atoms with Crippen LogP contribution < -0.4 is 5.32 Å². The predicted molar refractivity (Wildman–Crippen MR) is 73.8 cm³/mol. The van der Waals surface area contributed by atoms with E-state index in [4.69, 9.17) is 4.52 Å². The maximum atomic E-state index is 12.2. The van der Waals surface area contributed by atoms with Gasteiger partial charge in [0.05, 0.1) is 12.2 Å². The number of likely N-dealkylation sites (tertiary alicyclic amines) is 1. The maximum Gasteiger partial charge on any atom is 0.276 e. The van der Waals surface area contributed by atoms with Crippen molar-refractivity contribution in [3.05, 3.63) is 36.1 Å². The second-order valence-electron chi connectivity index (χ2n) is 5.53. The van der Waals surface area contributed by atoms with Gasteiger partial charge in [0.25, 0.3) is 5.91 Å². The third kappa shape index (κ3) is 2.46. The van der Waals surface area contributed by atoms with E-state index >= 15 is 0 Å². The Morgan fingerprint density at radius 2 is 2.19 bits per heavy atom. The molecule has 4 rings (SSSR count). The summed E-state index contributed by atoms with van der Waals surface area (Å²) < 4.78 is 5.22. The normalized spacial score (nSPS) is 18.4. The lowest BCUT2D eigenvalue weighted by Gasteiger charge is -2.39. The number of carbonyl (C=O) groups excluding carboxylic acids is 1. The van der Waals surface area contributed by atoms with Crippen LogP contribution in [-0.2, 0) is 0 Å². The topological polar surface area (TPSA) is 84.2 Å². The van der Waals surface area contributed by atoms with Gasteiger partial charge in [-0.1, -0.05) is 5.16 Å². The van der Waals surface area contributed by atoms with Gasteiger partial charge in [-0.2, -0.15) is 0 Å². The Bertz CT molecular complexity index is 646. The average molecular weight is 285 g/mol. The molecule has 21 heavy (non-hydrogen) atoms. The van der Waals surface area contributed by atoms with Gasteiger partial charge in [0.15, 0.2) is 5.69 Å². The van der Waals surface area contributed by atoms with E-state index in [1.54, 1.807) is 29.6 Å². The van der Waals surface area contributed by atoms with Gasteiger partial charge < -0.3 is 14.7 Å². The summed E-state index contributed by atoms with van der Waals surface area (Å²) in [6.07, 6.45) is 7.21. The molecule has 3 heterocycles. The average Bonchev–Trinajstić information content (AvgIpc) is 3.20. The molecule has 1 aliphatic carbocycles. The summed E-state index contributed by atoms with van der Waals surface area (Å²) >= 11 is 0. The molecule has 0 unspecified atom stereocenters. The molecule has 1 amide bonds. The first-order valence-electron chi connectivity index (χ1n) is 7.08. The summed E-state index contributed by atoms with van der Waals surface area (Å²) in [4.78, 5) is 22.1. The molecule has 0 atom stereocenters. The van der Waals surface area contributed by atoms with E-state index in [2.05, 4.69) is 20.4 Å². The van der Waals surface area contributed by atoms with Crippen molar-refractivity contribution in [2.45, 2.75) is 24.8 Å². The van der Waals surface area contributed by atoms with Gasteiger partial charge in [-0.15, -0.1) is 0 Å². The van der Waals surface area contributed by atoms with Crippen molar-refractivity contribution in [1.82, 2.24) is 20.0 Å². The third-order valence-corrected chi connectivity index (χ3v) is 3.81. The van der Waals surface area contributed by atoms with Crippen molar-refractivity contribution in [2.75, 3.05) is 18.4 Å². The second-order valence-corrected chi connectivity index (χ2v) is 5.53. The number of anilines is 1. The third-order valence-electron chi connectivity index (χ3n) is 3.81. The molecule has 7 heteroatoms. The zero-order valence-electron chi connectivity index (χ0n) is 11.4. The molecule has 0 spiro atoms. The first kappa shape index (κ1) is 12.3. The van der Waals surface area contributed by atoms with E-state index in [1.165, 1.54) is 0 Å². The lowest BCUT2D eigenvalue weighted by Crippen LogP contribution is -2.57. The Kier molecular flexibility index (Phi) is 2.83. The lowest BCUT2D eigenvalue weighted by atomic mass is 10.1. The summed E-state index contributed by atoms with van der Waals surface area (Å²) in [5.74, 6) is 1.98. The van der Waals surface area contributed by atoms with Crippen LogP contribution in [0.3, 0.4) is 0 Å². The van der Waals surface area contributed by atoms with E-state index in [0.717, 1.165) is 24.4 Å². The number of hydrogen-bond acceptors (Lipinski definition) is 6. The number of nitrogens with one attached hydrogen (secondary N) is 1. The summed E-state index contributed by atoms with van der Waals surface area (Å²) in [6.45, 7) is 1.28. The van der Waals surface area contributed by atoms with Crippen molar-refractivity contribution in [1.29, 1.82) is 0 Å². The fraction of sp³-hybridized carbons (Fsp3) is 0.429. The number of rotatable bonds is 4. The number of aromatic nitrogens is 3. The smallest absolute Gasteiger partial charge is 0.276 e. The minimum absolute atomic E-state index is 0.0668. The van der Waals surface area contributed by atoms with Gasteiger partial charge in [0.1, 0.15) is 11.6 Å². The van der Waals surface area contributed by atoms with Crippen LogP contribution in [0.1, 0.15) is 35.0 Å². The Morgan fingerprint density at radius 3 is 2.90 bits per heavy atom. The Labute approximate surface area is 121 Å². The molecule has 1 aliphatic heterocycles. The fourth-order valence-electron chi connectivity index (χ4n) is 2.43. The van der Waals surface area contributed by atoms with Crippen molar-refractivity contribution in [2.24, 2.45) is 0 Å². The predicted octanol–water partition coefficient (Wildman–Crippen LogP) is 1.28. The summed E-state index contributed by atoms with van der Waals surface area (Å²) in [7, 11) is 0. The highest BCUT2D eigenvalue weighted by molar-refractivity contribution is 5.93. The van der Waals surface area contributed by atoms with Crippen LogP contribution in [0.25, 0.3) is 0 Å². The summed E-state index contributed by atoms with van der Waals surface area (Å²) in [5.41, 5.74) is 0.412. The van der Waals surface area contributed by atoms with Crippen LogP contribution in [0.4, 0.5) is 5.82 Å². The van der Waals surface area contributed by atoms with Gasteiger partial charge >= 0.3 is 0 Å². The van der Waals surface area contributed by atoms with Crippen LogP contribution in [0.5, 0.6) is 0 Å². The molecule has 0 bridgehead atoms. The molecule has 2 aromatic heterocycles. The van der Waals surface area contributed by atoms with Crippen LogP contribution in [0.15, 0.2) is 29.2 Å². The standard InChI is InChI=1S/C14H15N5O2/c20-14(11-5-12(21-18-11)9-1-2-9)19-7-10(8-19)17-13-6-15-3-4-16-13/h3-6,9-10H,1-2,7-8H2,(H,16,17). The first-order chi connectivity index (χ1) is 10.3. The number of hydrogen-bond donors (Lipinski definition) is 1. The number of nitrogens with zero attached hydrogens (tertiary/aromatic N) is 4. The van der Waals surface area contributed by atoms with Gasteiger partial charge in [-0.3, -0.25) is 9.78 Å². The lowest BCUT2D eigenvalue weighted by molar-refractivity contribution is 0.0614. The van der Waals surface area contributed by atoms with Crippen LogP contribution in [0.2, 0.25) is 0 Å². The molecule has 0 radical (unpaired) electrons. The van der Waals surface area contributed by atoms with Crippen LogP contribution >= 0.6 is 0 Å². The van der Waals surface area contributed by atoms with Gasteiger partial charge in [0.2, 0.25) is 0 Å². The van der Waals surface area contributed by atoms with E-state index in [9.17, 15) is 4.79 Å². The first-order valence-corrected chi connectivity index (χ1v) is 7.08. The largest absolute Gasteiger partial charge is 0.362 e. The van der Waals surface area contributed by atoms with Crippen molar-refractivity contribution >= 4 is 11.7 Å². The number of carbonyl (C=O) groups is 1. The van der Waals surface area contributed by atoms with E-state index in [-0.39, 0.29) is 11.9 Å². The molecule has 2 aliphatic rings. The molecule has 1 saturated carbocycles. The quantitative estimate of drug-likeness (QED) is 0.911. The monoisotopic (exact) mass is 285 g/mol. The zero-order chi connectivity index (χ0) is 14.2. The SMILES string of the molecule is O=C(c1cc(C2CC2)on1)N1CC(Nc2cnccn2)C1. The molecule has 7 nitrogen and oxygen atoms in total. The molecule has 108 valence electrons. The van der Waals surface area contributed by atoms with Crippen molar-refractivity contribution < 1.29 is 9.32 Å². The van der Waals surface area contributed by atoms with Crippen LogP contribution in [0, 0.1) is 0 Å². The molecule has 1 N–H and O–H groups in total. The highest BCUT2D eigenvalue weighted by Crippen LogP contribution is 2.40. The zero-order valence-corrected chi connectivity index (χ0v) is 11.4. The minimum Gasteiger partial charge on any atom is -0.362 e. The van der Waals surface area contributed by atoms with Crippen molar-refractivity contribution in [3.63, 3.8) is 0 Å². The summed E-state index contributed by atoms with van der Waals surface area (Å²) in [6, 6.07) is 1.99. The van der Waals surface area contributed by atoms with Crippen molar-refractivity contribution in [3.8, 4) is 0 Å². The van der Waals surface area contributed by atoms with Gasteiger partial charge in [0, 0.05) is 37.5 Å². The molecular weight excluding hydrogens is 270 g/mol. The Morgan fingerprint density at radius 1 is 1.33 bits per heavy atom. The molecule has 2 aromatic rings. The Hall–Kier alpha value is -2.44. The molecular formula is C14H15N5O2. The molecule has 1 saturated heterocycles. The highest BCUT2D eigenvalue weighted by atomic mass is 16.5. The van der Waals surface area contributed by atoms with E-state index < -0.39 is 0 Å². The maximum absolute atomic E-state index is 12.2. The Balaban J connectivity index is 1.33. The van der Waals surface area contributed by atoms with Crippen LogP contribution in [-0.4, -0.2) is 45.1 Å². The second kappa shape index (κ2) is 4.83. The van der Waals surface area contributed by atoms with Gasteiger partial charge in [-0.05, 0) is 12.8 Å². The molecule has 2 fully saturated rings. The summed E-state index contributed by atoms with van der Waals surface area (Å²) in [5, 5.41) is 7.12. The fourth-order valence-corrected chi connectivity index (χ4v) is 2.43.